The predicted molar refractivity (Wildman–Crippen MR) is 63.6 cm³/mol. The lowest BCUT2D eigenvalue weighted by atomic mass is 9.97. The van der Waals surface area contributed by atoms with Gasteiger partial charge in [0.25, 0.3) is 5.91 Å². The molecule has 1 unspecified atom stereocenters. The van der Waals surface area contributed by atoms with Gasteiger partial charge in [0.1, 0.15) is 5.69 Å². The van der Waals surface area contributed by atoms with Crippen LogP contribution in [0.25, 0.3) is 0 Å². The molecule has 2 rings (SSSR count). The molecule has 1 aromatic rings. The molecule has 0 spiro atoms. The Labute approximate surface area is 101 Å². The van der Waals surface area contributed by atoms with Gasteiger partial charge >= 0.3 is 0 Å². The molecule has 94 valence electrons. The van der Waals surface area contributed by atoms with Gasteiger partial charge in [-0.05, 0) is 38.2 Å². The van der Waals surface area contributed by atoms with Crippen molar-refractivity contribution >= 4 is 5.91 Å². The summed E-state index contributed by atoms with van der Waals surface area (Å²) in [7, 11) is 0. The van der Waals surface area contributed by atoms with Crippen LogP contribution < -0.4 is 5.32 Å². The maximum atomic E-state index is 12.0. The molecule has 1 aromatic heterocycles. The number of hydrogen-bond donors (Lipinski definition) is 3. The van der Waals surface area contributed by atoms with Crippen LogP contribution in [0, 0.1) is 5.92 Å². The molecule has 1 saturated carbocycles. The number of nitrogens with zero attached hydrogens (tertiary/aromatic N) is 1. The van der Waals surface area contributed by atoms with E-state index in [1.165, 1.54) is 0 Å². The van der Waals surface area contributed by atoms with Gasteiger partial charge in [0.05, 0.1) is 12.1 Å². The van der Waals surface area contributed by atoms with E-state index in [-0.39, 0.29) is 12.5 Å². The number of H-pyrrole nitrogens is 1. The Bertz CT molecular complexity index is 412. The first-order valence-corrected chi connectivity index (χ1v) is 6.06. The first-order chi connectivity index (χ1) is 8.09. The Morgan fingerprint density at radius 1 is 1.71 bits per heavy atom. The highest BCUT2D eigenvalue weighted by molar-refractivity contribution is 5.92. The molecule has 5 nitrogen and oxygen atoms in total. The zero-order chi connectivity index (χ0) is 12.5. The number of carbonyl (C=O) groups is 1. The lowest BCUT2D eigenvalue weighted by molar-refractivity contribution is 0.0819. The number of aromatic nitrogens is 2. The molecule has 1 aliphatic rings. The summed E-state index contributed by atoms with van der Waals surface area (Å²) in [5.41, 5.74) is 0.817. The van der Waals surface area contributed by atoms with Crippen molar-refractivity contribution in [2.75, 3.05) is 6.61 Å². The van der Waals surface area contributed by atoms with Gasteiger partial charge in [-0.1, -0.05) is 6.92 Å². The first kappa shape index (κ1) is 12.1. The zero-order valence-electron chi connectivity index (χ0n) is 10.3. The number of carbonyl (C=O) groups excluding carboxylic acids is 1. The van der Waals surface area contributed by atoms with Gasteiger partial charge in [0.15, 0.2) is 0 Å². The third kappa shape index (κ3) is 2.49. The van der Waals surface area contributed by atoms with E-state index in [1.807, 2.05) is 13.8 Å². The topological polar surface area (TPSA) is 78.0 Å². The van der Waals surface area contributed by atoms with E-state index < -0.39 is 5.54 Å². The van der Waals surface area contributed by atoms with E-state index in [2.05, 4.69) is 15.5 Å². The van der Waals surface area contributed by atoms with Gasteiger partial charge in [0.2, 0.25) is 0 Å². The summed E-state index contributed by atoms with van der Waals surface area (Å²) in [5.74, 6) is 0.172. The standard InChI is InChI=1S/C12H19N3O2/c1-3-9-6-10(15-14-9)11(17)13-12(2,7-16)8-4-5-8/h6,8,16H,3-5,7H2,1-2H3,(H,13,17)(H,14,15). The maximum Gasteiger partial charge on any atom is 0.272 e. The van der Waals surface area contributed by atoms with Crippen LogP contribution in [0.1, 0.15) is 42.9 Å². The smallest absolute Gasteiger partial charge is 0.272 e. The van der Waals surface area contributed by atoms with Crippen molar-refractivity contribution in [2.45, 2.75) is 38.6 Å². The number of amides is 1. The van der Waals surface area contributed by atoms with E-state index in [0.29, 0.717) is 11.6 Å². The second-order valence-corrected chi connectivity index (χ2v) is 4.94. The summed E-state index contributed by atoms with van der Waals surface area (Å²) in [6, 6.07) is 1.75. The minimum atomic E-state index is -0.511. The van der Waals surface area contributed by atoms with E-state index in [4.69, 9.17) is 0 Å². The van der Waals surface area contributed by atoms with Crippen molar-refractivity contribution in [1.82, 2.24) is 15.5 Å². The van der Waals surface area contributed by atoms with E-state index in [9.17, 15) is 9.90 Å². The molecule has 0 aliphatic heterocycles. The Hall–Kier alpha value is -1.36. The summed E-state index contributed by atoms with van der Waals surface area (Å²) >= 11 is 0. The number of hydrogen-bond acceptors (Lipinski definition) is 3. The molecule has 1 fully saturated rings. The largest absolute Gasteiger partial charge is 0.394 e. The van der Waals surface area contributed by atoms with Crippen LogP contribution >= 0.6 is 0 Å². The van der Waals surface area contributed by atoms with Crippen LogP contribution in [0.2, 0.25) is 0 Å². The van der Waals surface area contributed by atoms with E-state index in [0.717, 1.165) is 25.0 Å². The zero-order valence-corrected chi connectivity index (χ0v) is 10.3. The summed E-state index contributed by atoms with van der Waals surface area (Å²) < 4.78 is 0. The Morgan fingerprint density at radius 3 is 2.88 bits per heavy atom. The Kier molecular flexibility index (Phi) is 3.19. The molecular weight excluding hydrogens is 218 g/mol. The molecule has 3 N–H and O–H groups in total. The van der Waals surface area contributed by atoms with Gasteiger partial charge in [-0.3, -0.25) is 9.89 Å². The highest BCUT2D eigenvalue weighted by Gasteiger charge is 2.42. The van der Waals surface area contributed by atoms with Crippen LogP contribution in [0.4, 0.5) is 0 Å². The SMILES string of the molecule is CCc1cc(C(=O)NC(C)(CO)C2CC2)n[nH]1. The third-order valence-corrected chi connectivity index (χ3v) is 3.45. The van der Waals surface area contributed by atoms with Crippen molar-refractivity contribution < 1.29 is 9.90 Å². The number of aromatic amines is 1. The van der Waals surface area contributed by atoms with Crippen LogP contribution in [-0.2, 0) is 6.42 Å². The quantitative estimate of drug-likeness (QED) is 0.711. The van der Waals surface area contributed by atoms with Crippen LogP contribution in [-0.4, -0.2) is 33.4 Å². The second kappa shape index (κ2) is 4.49. The lowest BCUT2D eigenvalue weighted by Crippen LogP contribution is -2.50. The predicted octanol–water partition coefficient (Wildman–Crippen LogP) is 0.863. The first-order valence-electron chi connectivity index (χ1n) is 6.06. The summed E-state index contributed by atoms with van der Waals surface area (Å²) in [4.78, 5) is 12.0. The summed E-state index contributed by atoms with van der Waals surface area (Å²) in [5, 5.41) is 19.1. The average Bonchev–Trinajstić information content (AvgIpc) is 3.07. The highest BCUT2D eigenvalue weighted by Crippen LogP contribution is 2.39. The van der Waals surface area contributed by atoms with E-state index >= 15 is 0 Å². The molecule has 1 amide bonds. The van der Waals surface area contributed by atoms with Crippen molar-refractivity contribution in [3.63, 3.8) is 0 Å². The van der Waals surface area contributed by atoms with Crippen molar-refractivity contribution in [1.29, 1.82) is 0 Å². The van der Waals surface area contributed by atoms with E-state index in [1.54, 1.807) is 6.07 Å². The number of aliphatic hydroxyl groups is 1. The average molecular weight is 237 g/mol. The molecule has 17 heavy (non-hydrogen) atoms. The molecule has 0 radical (unpaired) electrons. The minimum Gasteiger partial charge on any atom is -0.394 e. The monoisotopic (exact) mass is 237 g/mol. The van der Waals surface area contributed by atoms with Crippen molar-refractivity contribution in [3.05, 3.63) is 17.5 Å². The van der Waals surface area contributed by atoms with Gasteiger partial charge < -0.3 is 10.4 Å². The molecule has 1 atom stereocenters. The van der Waals surface area contributed by atoms with Crippen molar-refractivity contribution in [3.8, 4) is 0 Å². The number of nitrogens with one attached hydrogen (secondary N) is 2. The summed E-state index contributed by atoms with van der Waals surface area (Å²) in [6.45, 7) is 3.85. The van der Waals surface area contributed by atoms with Gasteiger partial charge in [-0.15, -0.1) is 0 Å². The number of aliphatic hydroxyl groups excluding tert-OH is 1. The van der Waals surface area contributed by atoms with Gasteiger partial charge in [-0.25, -0.2) is 0 Å². The molecule has 0 bridgehead atoms. The Morgan fingerprint density at radius 2 is 2.41 bits per heavy atom. The molecule has 0 saturated heterocycles. The Balaban J connectivity index is 2.05. The van der Waals surface area contributed by atoms with Gasteiger partial charge in [-0.2, -0.15) is 5.10 Å². The number of aryl methyl sites for hydroxylation is 1. The fraction of sp³-hybridized carbons (Fsp3) is 0.667. The van der Waals surface area contributed by atoms with Crippen LogP contribution in [0.15, 0.2) is 6.07 Å². The normalized spacial score (nSPS) is 18.8. The fourth-order valence-electron chi connectivity index (χ4n) is 1.97. The molecule has 1 aliphatic carbocycles. The molecule has 1 heterocycles. The van der Waals surface area contributed by atoms with Gasteiger partial charge in [0, 0.05) is 5.69 Å². The number of rotatable bonds is 5. The molecule has 5 heteroatoms. The lowest BCUT2D eigenvalue weighted by Gasteiger charge is -2.28. The minimum absolute atomic E-state index is 0.0333. The highest BCUT2D eigenvalue weighted by atomic mass is 16.3. The molecular formula is C12H19N3O2. The van der Waals surface area contributed by atoms with Crippen molar-refractivity contribution in [2.24, 2.45) is 5.92 Å². The third-order valence-electron chi connectivity index (χ3n) is 3.45. The fourth-order valence-corrected chi connectivity index (χ4v) is 1.97. The maximum absolute atomic E-state index is 12.0. The molecule has 0 aromatic carbocycles. The van der Waals surface area contributed by atoms with Crippen LogP contribution in [0.5, 0.6) is 0 Å². The summed E-state index contributed by atoms with van der Waals surface area (Å²) in [6.07, 6.45) is 2.95. The second-order valence-electron chi connectivity index (χ2n) is 4.94. The van der Waals surface area contributed by atoms with Crippen LogP contribution in [0.3, 0.4) is 0 Å².